The van der Waals surface area contributed by atoms with Crippen molar-refractivity contribution in [3.8, 4) is 6.07 Å². The number of rotatable bonds is 12. The van der Waals surface area contributed by atoms with Crippen molar-refractivity contribution in [3.05, 3.63) is 89.5 Å². The fourth-order valence-corrected chi connectivity index (χ4v) is 4.69. The van der Waals surface area contributed by atoms with Crippen molar-refractivity contribution >= 4 is 5.57 Å². The minimum absolute atomic E-state index is 0.110. The number of benzene rings is 2. The maximum Gasteiger partial charge on any atom is 0.0991 e. The third kappa shape index (κ3) is 6.70. The molecule has 2 aromatic rings. The predicted molar refractivity (Wildman–Crippen MR) is 133 cm³/mol. The van der Waals surface area contributed by atoms with Gasteiger partial charge in [-0.2, -0.15) is 5.26 Å². The van der Waals surface area contributed by atoms with Gasteiger partial charge in [-0.15, -0.1) is 0 Å². The zero-order valence-corrected chi connectivity index (χ0v) is 19.2. The van der Waals surface area contributed by atoms with E-state index < -0.39 is 0 Å². The Hall–Kier alpha value is -2.59. The van der Waals surface area contributed by atoms with Gasteiger partial charge in [0, 0.05) is 5.41 Å². The molecule has 31 heavy (non-hydrogen) atoms. The summed E-state index contributed by atoms with van der Waals surface area (Å²) >= 11 is 0. The van der Waals surface area contributed by atoms with Gasteiger partial charge in [0.25, 0.3) is 0 Å². The molecule has 162 valence electrons. The number of hydrogen-bond donors (Lipinski definition) is 0. The van der Waals surface area contributed by atoms with Crippen LogP contribution < -0.4 is 0 Å². The standard InChI is InChI=1S/C30H37N/c1-2-3-4-5-6-7-8-9-13-22-30(29-14-11-10-12-15-29)23-20-28(21-24-30)27-18-16-26(25-31)17-19-27/h10-12,14-21,23H,2-9,13,22,24H2,1H3. The third-order valence-corrected chi connectivity index (χ3v) is 6.69. The molecule has 0 N–H and O–H groups in total. The summed E-state index contributed by atoms with van der Waals surface area (Å²) in [5, 5.41) is 9.04. The average Bonchev–Trinajstić information content (AvgIpc) is 2.84. The zero-order valence-electron chi connectivity index (χ0n) is 19.2. The van der Waals surface area contributed by atoms with E-state index in [4.69, 9.17) is 5.26 Å². The van der Waals surface area contributed by atoms with Crippen molar-refractivity contribution in [3.63, 3.8) is 0 Å². The lowest BCUT2D eigenvalue weighted by Gasteiger charge is -2.33. The molecule has 0 fully saturated rings. The van der Waals surface area contributed by atoms with Crippen LogP contribution in [0.25, 0.3) is 5.57 Å². The van der Waals surface area contributed by atoms with Crippen LogP contribution in [-0.4, -0.2) is 0 Å². The van der Waals surface area contributed by atoms with Gasteiger partial charge in [0.15, 0.2) is 0 Å². The van der Waals surface area contributed by atoms with E-state index >= 15 is 0 Å². The summed E-state index contributed by atoms with van der Waals surface area (Å²) in [7, 11) is 0. The highest BCUT2D eigenvalue weighted by Crippen LogP contribution is 2.40. The topological polar surface area (TPSA) is 23.8 Å². The minimum atomic E-state index is 0.110. The van der Waals surface area contributed by atoms with Crippen molar-refractivity contribution < 1.29 is 0 Å². The van der Waals surface area contributed by atoms with E-state index in [-0.39, 0.29) is 5.41 Å². The highest BCUT2D eigenvalue weighted by Gasteiger charge is 2.30. The first-order valence-electron chi connectivity index (χ1n) is 12.2. The molecule has 1 unspecified atom stereocenters. The summed E-state index contributed by atoms with van der Waals surface area (Å²) in [4.78, 5) is 0. The van der Waals surface area contributed by atoms with E-state index in [0.29, 0.717) is 5.56 Å². The lowest BCUT2D eigenvalue weighted by Crippen LogP contribution is -2.24. The lowest BCUT2D eigenvalue weighted by atomic mass is 9.70. The Labute approximate surface area is 189 Å². The van der Waals surface area contributed by atoms with Gasteiger partial charge in [-0.05, 0) is 41.7 Å². The molecule has 0 aliphatic heterocycles. The summed E-state index contributed by atoms with van der Waals surface area (Å²) in [5.41, 5.74) is 4.72. The second-order valence-corrected chi connectivity index (χ2v) is 8.99. The van der Waals surface area contributed by atoms with E-state index in [1.807, 2.05) is 12.1 Å². The Balaban J connectivity index is 1.58. The van der Waals surface area contributed by atoms with Gasteiger partial charge in [-0.3, -0.25) is 0 Å². The number of nitriles is 1. The highest BCUT2D eigenvalue weighted by molar-refractivity contribution is 5.76. The molecule has 1 atom stereocenters. The minimum Gasteiger partial charge on any atom is -0.192 e. The van der Waals surface area contributed by atoms with Crippen LogP contribution in [0.5, 0.6) is 0 Å². The van der Waals surface area contributed by atoms with Crippen LogP contribution in [0.2, 0.25) is 0 Å². The summed E-state index contributed by atoms with van der Waals surface area (Å²) in [5.74, 6) is 0. The quantitative estimate of drug-likeness (QED) is 0.320. The van der Waals surface area contributed by atoms with Crippen molar-refractivity contribution in [2.24, 2.45) is 0 Å². The Kier molecular flexibility index (Phi) is 9.16. The summed E-state index contributed by atoms with van der Waals surface area (Å²) in [6.07, 6.45) is 21.7. The van der Waals surface area contributed by atoms with E-state index in [0.717, 1.165) is 6.42 Å². The molecular weight excluding hydrogens is 374 g/mol. The first kappa shape index (κ1) is 23.1. The first-order valence-corrected chi connectivity index (χ1v) is 12.2. The van der Waals surface area contributed by atoms with Gasteiger partial charge in [0.2, 0.25) is 0 Å². The second kappa shape index (κ2) is 12.3. The molecule has 1 nitrogen and oxygen atoms in total. The predicted octanol–water partition coefficient (Wildman–Crippen LogP) is 8.76. The SMILES string of the molecule is CCCCCCCCCCCC1(c2ccccc2)C=CC(c2ccc(C#N)cc2)=CC1. The Morgan fingerprint density at radius 3 is 2.03 bits per heavy atom. The fraction of sp³-hybridized carbons (Fsp3) is 0.433. The van der Waals surface area contributed by atoms with Crippen molar-refractivity contribution in [1.82, 2.24) is 0 Å². The Bertz CT molecular complexity index is 882. The molecule has 0 saturated heterocycles. The molecule has 0 radical (unpaired) electrons. The molecule has 1 heteroatoms. The number of unbranched alkanes of at least 4 members (excludes halogenated alkanes) is 8. The van der Waals surface area contributed by atoms with E-state index in [2.05, 4.69) is 73.7 Å². The van der Waals surface area contributed by atoms with Crippen LogP contribution in [0.15, 0.2) is 72.8 Å². The van der Waals surface area contributed by atoms with Crippen LogP contribution in [-0.2, 0) is 5.41 Å². The molecule has 1 aliphatic carbocycles. The third-order valence-electron chi connectivity index (χ3n) is 6.69. The molecule has 0 bridgehead atoms. The molecule has 0 aromatic heterocycles. The first-order chi connectivity index (χ1) is 15.3. The Morgan fingerprint density at radius 2 is 1.45 bits per heavy atom. The summed E-state index contributed by atoms with van der Waals surface area (Å²) in [6, 6.07) is 21.2. The van der Waals surface area contributed by atoms with Crippen LogP contribution >= 0.6 is 0 Å². The van der Waals surface area contributed by atoms with Crippen molar-refractivity contribution in [1.29, 1.82) is 5.26 Å². The zero-order chi connectivity index (χ0) is 21.8. The second-order valence-electron chi connectivity index (χ2n) is 8.99. The van der Waals surface area contributed by atoms with Gasteiger partial charge in [-0.1, -0.05) is 125 Å². The van der Waals surface area contributed by atoms with Crippen molar-refractivity contribution in [2.45, 2.75) is 83.0 Å². The fourth-order valence-electron chi connectivity index (χ4n) is 4.69. The highest BCUT2D eigenvalue weighted by atomic mass is 14.3. The lowest BCUT2D eigenvalue weighted by molar-refractivity contribution is 0.452. The smallest absolute Gasteiger partial charge is 0.0991 e. The molecule has 0 spiro atoms. The van der Waals surface area contributed by atoms with Gasteiger partial charge < -0.3 is 0 Å². The van der Waals surface area contributed by atoms with E-state index in [1.54, 1.807) is 0 Å². The monoisotopic (exact) mass is 411 g/mol. The van der Waals surface area contributed by atoms with E-state index in [9.17, 15) is 0 Å². The molecule has 2 aromatic carbocycles. The van der Waals surface area contributed by atoms with Gasteiger partial charge in [0.05, 0.1) is 11.6 Å². The molecule has 3 rings (SSSR count). The molecule has 0 heterocycles. The maximum absolute atomic E-state index is 9.04. The largest absolute Gasteiger partial charge is 0.192 e. The van der Waals surface area contributed by atoms with Gasteiger partial charge in [-0.25, -0.2) is 0 Å². The van der Waals surface area contributed by atoms with Gasteiger partial charge >= 0.3 is 0 Å². The number of hydrogen-bond acceptors (Lipinski definition) is 1. The summed E-state index contributed by atoms with van der Waals surface area (Å²) in [6.45, 7) is 2.28. The van der Waals surface area contributed by atoms with Crippen LogP contribution in [0.4, 0.5) is 0 Å². The molecule has 1 aliphatic rings. The van der Waals surface area contributed by atoms with E-state index in [1.165, 1.54) is 80.9 Å². The molecular formula is C30H37N. The number of allylic oxidation sites excluding steroid dienone is 4. The van der Waals surface area contributed by atoms with Crippen LogP contribution in [0.3, 0.4) is 0 Å². The van der Waals surface area contributed by atoms with Crippen molar-refractivity contribution in [2.75, 3.05) is 0 Å². The average molecular weight is 412 g/mol. The Morgan fingerprint density at radius 1 is 0.806 bits per heavy atom. The summed E-state index contributed by atoms with van der Waals surface area (Å²) < 4.78 is 0. The van der Waals surface area contributed by atoms with Crippen LogP contribution in [0.1, 0.15) is 94.2 Å². The normalized spacial score (nSPS) is 17.9. The van der Waals surface area contributed by atoms with Gasteiger partial charge in [0.1, 0.15) is 0 Å². The molecule has 0 amide bonds. The number of nitrogens with zero attached hydrogens (tertiary/aromatic N) is 1. The molecule has 0 saturated carbocycles. The van der Waals surface area contributed by atoms with Crippen LogP contribution in [0, 0.1) is 11.3 Å². The maximum atomic E-state index is 9.04.